The topological polar surface area (TPSA) is 68.2 Å². The minimum atomic E-state index is -0.522. The first-order valence-electron chi connectivity index (χ1n) is 5.95. The Bertz CT molecular complexity index is 379. The molecular weight excluding hydrogens is 236 g/mol. The molecule has 0 radical (unpaired) electrons. The van der Waals surface area contributed by atoms with Crippen LogP contribution in [0.4, 0.5) is 0 Å². The number of hydrogen-bond acceptors (Lipinski definition) is 6. The predicted molar refractivity (Wildman–Crippen MR) is 68.8 cm³/mol. The molecule has 1 aliphatic rings. The molecule has 0 aliphatic carbocycles. The van der Waals surface area contributed by atoms with Gasteiger partial charge in [-0.1, -0.05) is 12.1 Å². The highest BCUT2D eigenvalue weighted by Gasteiger charge is 2.30. The smallest absolute Gasteiger partial charge is 0.246 e. The predicted octanol–water partition coefficient (Wildman–Crippen LogP) is 1.37. The van der Waals surface area contributed by atoms with E-state index in [1.807, 2.05) is 25.6 Å². The lowest BCUT2D eigenvalue weighted by Crippen LogP contribution is -2.34. The molecule has 0 amide bonds. The Hall–Kier alpha value is -0.590. The molecular formula is C11H20N4OS. The lowest BCUT2D eigenvalue weighted by Gasteiger charge is -2.29. The summed E-state index contributed by atoms with van der Waals surface area (Å²) in [5, 5.41) is 4.08. The molecule has 0 saturated carbocycles. The van der Waals surface area contributed by atoms with Crippen molar-refractivity contribution in [1.82, 2.24) is 15.0 Å². The molecule has 0 spiro atoms. The first-order chi connectivity index (χ1) is 8.04. The Kier molecular flexibility index (Phi) is 3.75. The third-order valence-corrected chi connectivity index (χ3v) is 4.38. The summed E-state index contributed by atoms with van der Waals surface area (Å²) in [7, 11) is 2.10. The van der Waals surface area contributed by atoms with Crippen LogP contribution in [0.25, 0.3) is 0 Å². The molecule has 2 N–H and O–H groups in total. The molecule has 1 aromatic rings. The van der Waals surface area contributed by atoms with E-state index in [1.165, 1.54) is 5.75 Å². The van der Waals surface area contributed by atoms with E-state index in [0.29, 0.717) is 5.89 Å². The van der Waals surface area contributed by atoms with E-state index < -0.39 is 5.54 Å². The Labute approximate surface area is 106 Å². The maximum absolute atomic E-state index is 6.10. The molecule has 2 unspecified atom stereocenters. The molecule has 0 aromatic carbocycles. The second kappa shape index (κ2) is 4.96. The molecule has 1 saturated heterocycles. The van der Waals surface area contributed by atoms with Crippen LogP contribution >= 0.6 is 11.8 Å². The van der Waals surface area contributed by atoms with Gasteiger partial charge >= 0.3 is 0 Å². The first-order valence-corrected chi connectivity index (χ1v) is 7.11. The fourth-order valence-electron chi connectivity index (χ4n) is 1.71. The van der Waals surface area contributed by atoms with E-state index in [1.54, 1.807) is 0 Å². The van der Waals surface area contributed by atoms with Gasteiger partial charge in [0, 0.05) is 18.1 Å². The van der Waals surface area contributed by atoms with Gasteiger partial charge in [-0.25, -0.2) is 0 Å². The molecule has 17 heavy (non-hydrogen) atoms. The van der Waals surface area contributed by atoms with Gasteiger partial charge in [0.1, 0.15) is 0 Å². The maximum atomic E-state index is 6.10. The number of thioether (sulfide) groups is 1. The summed E-state index contributed by atoms with van der Waals surface area (Å²) >= 11 is 1.93. The van der Waals surface area contributed by atoms with Crippen molar-refractivity contribution in [3.63, 3.8) is 0 Å². The van der Waals surface area contributed by atoms with Crippen LogP contribution in [0, 0.1) is 0 Å². The van der Waals surface area contributed by atoms with Crippen LogP contribution in [0.1, 0.15) is 38.0 Å². The summed E-state index contributed by atoms with van der Waals surface area (Å²) in [6.07, 6.45) is 0.782. The van der Waals surface area contributed by atoms with Crippen LogP contribution in [0.5, 0.6) is 0 Å². The molecule has 1 aromatic heterocycles. The van der Waals surface area contributed by atoms with Crippen LogP contribution in [0.15, 0.2) is 4.52 Å². The third-order valence-electron chi connectivity index (χ3n) is 3.36. The number of aromatic nitrogens is 2. The second-order valence-corrected chi connectivity index (χ2v) is 5.95. The lowest BCUT2D eigenvalue weighted by atomic mass is 10.0. The molecule has 2 rings (SSSR count). The highest BCUT2D eigenvalue weighted by molar-refractivity contribution is 7.99. The molecule has 96 valence electrons. The highest BCUT2D eigenvalue weighted by Crippen LogP contribution is 2.28. The van der Waals surface area contributed by atoms with E-state index in [9.17, 15) is 0 Å². The molecule has 5 nitrogen and oxygen atoms in total. The quantitative estimate of drug-likeness (QED) is 0.881. The van der Waals surface area contributed by atoms with Gasteiger partial charge < -0.3 is 10.3 Å². The average Bonchev–Trinajstić information content (AvgIpc) is 2.79. The zero-order chi connectivity index (χ0) is 12.5. The van der Waals surface area contributed by atoms with Gasteiger partial charge in [0.25, 0.3) is 0 Å². The van der Waals surface area contributed by atoms with Crippen molar-refractivity contribution < 1.29 is 4.52 Å². The van der Waals surface area contributed by atoms with Gasteiger partial charge in [-0.2, -0.15) is 16.7 Å². The zero-order valence-corrected chi connectivity index (χ0v) is 11.5. The van der Waals surface area contributed by atoms with E-state index in [-0.39, 0.29) is 6.04 Å². The summed E-state index contributed by atoms with van der Waals surface area (Å²) in [5.74, 6) is 3.49. The van der Waals surface area contributed by atoms with Crippen molar-refractivity contribution in [2.75, 3.05) is 25.1 Å². The van der Waals surface area contributed by atoms with Crippen molar-refractivity contribution >= 4 is 11.8 Å². The van der Waals surface area contributed by atoms with Crippen LogP contribution < -0.4 is 5.73 Å². The van der Waals surface area contributed by atoms with Gasteiger partial charge in [-0.05, 0) is 20.4 Å². The van der Waals surface area contributed by atoms with Crippen molar-refractivity contribution in [3.8, 4) is 0 Å². The van der Waals surface area contributed by atoms with Crippen LogP contribution in [0.3, 0.4) is 0 Å². The SMILES string of the molecule is CCC(C)(N)c1nc(C2CSCCN2C)no1. The maximum Gasteiger partial charge on any atom is 0.246 e. The Morgan fingerprint density at radius 3 is 3.06 bits per heavy atom. The summed E-state index contributed by atoms with van der Waals surface area (Å²) in [6.45, 7) is 5.00. The fourth-order valence-corrected chi connectivity index (χ4v) is 2.92. The molecule has 0 bridgehead atoms. The lowest BCUT2D eigenvalue weighted by molar-refractivity contribution is 0.252. The minimum Gasteiger partial charge on any atom is -0.337 e. The third kappa shape index (κ3) is 2.64. The average molecular weight is 256 g/mol. The first kappa shape index (κ1) is 12.9. The van der Waals surface area contributed by atoms with E-state index in [4.69, 9.17) is 10.3 Å². The number of hydrogen-bond donors (Lipinski definition) is 1. The molecule has 1 fully saturated rings. The Morgan fingerprint density at radius 2 is 2.41 bits per heavy atom. The highest BCUT2D eigenvalue weighted by atomic mass is 32.2. The summed E-state index contributed by atoms with van der Waals surface area (Å²) in [6, 6.07) is 0.249. The van der Waals surface area contributed by atoms with Crippen LogP contribution in [-0.4, -0.2) is 40.1 Å². The van der Waals surface area contributed by atoms with Crippen molar-refractivity contribution in [2.45, 2.75) is 31.8 Å². The van der Waals surface area contributed by atoms with E-state index in [2.05, 4.69) is 22.1 Å². The van der Waals surface area contributed by atoms with E-state index in [0.717, 1.165) is 24.5 Å². The summed E-state index contributed by atoms with van der Waals surface area (Å²) in [5.41, 5.74) is 5.58. The van der Waals surface area contributed by atoms with Gasteiger partial charge in [0.05, 0.1) is 11.6 Å². The Balaban J connectivity index is 2.17. The number of nitrogens with two attached hydrogens (primary N) is 1. The normalized spacial score (nSPS) is 25.8. The molecule has 2 atom stereocenters. The van der Waals surface area contributed by atoms with Gasteiger partial charge in [-0.15, -0.1) is 0 Å². The van der Waals surface area contributed by atoms with Crippen LogP contribution in [-0.2, 0) is 5.54 Å². The van der Waals surface area contributed by atoms with Crippen molar-refractivity contribution in [2.24, 2.45) is 5.73 Å². The van der Waals surface area contributed by atoms with Crippen molar-refractivity contribution in [1.29, 1.82) is 0 Å². The summed E-state index contributed by atoms with van der Waals surface area (Å²) < 4.78 is 5.30. The monoisotopic (exact) mass is 256 g/mol. The molecule has 6 heteroatoms. The number of rotatable bonds is 3. The molecule has 2 heterocycles. The van der Waals surface area contributed by atoms with Crippen LogP contribution in [0.2, 0.25) is 0 Å². The zero-order valence-electron chi connectivity index (χ0n) is 10.6. The van der Waals surface area contributed by atoms with Crippen molar-refractivity contribution in [3.05, 3.63) is 11.7 Å². The molecule has 1 aliphatic heterocycles. The Morgan fingerprint density at radius 1 is 1.65 bits per heavy atom. The summed E-state index contributed by atoms with van der Waals surface area (Å²) in [4.78, 5) is 6.74. The largest absolute Gasteiger partial charge is 0.337 e. The van der Waals surface area contributed by atoms with Gasteiger partial charge in [0.15, 0.2) is 5.82 Å². The van der Waals surface area contributed by atoms with E-state index >= 15 is 0 Å². The fraction of sp³-hybridized carbons (Fsp3) is 0.818. The second-order valence-electron chi connectivity index (χ2n) is 4.80. The standard InChI is InChI=1S/C11H20N4OS/c1-4-11(2,12)10-13-9(14-16-10)8-7-17-6-5-15(8)3/h8H,4-7,12H2,1-3H3. The number of nitrogens with zero attached hydrogens (tertiary/aromatic N) is 3. The minimum absolute atomic E-state index is 0.249. The van der Waals surface area contributed by atoms with Gasteiger partial charge in [0.2, 0.25) is 5.89 Å². The van der Waals surface area contributed by atoms with Gasteiger partial charge in [-0.3, -0.25) is 4.90 Å².